The topological polar surface area (TPSA) is 46.9 Å². The van der Waals surface area contributed by atoms with Gasteiger partial charge in [-0.2, -0.15) is 0 Å². The minimum absolute atomic E-state index is 0.111. The molecule has 1 rings (SSSR count). The van der Waals surface area contributed by atoms with E-state index in [4.69, 9.17) is 0 Å². The Labute approximate surface area is 58.9 Å². The van der Waals surface area contributed by atoms with Gasteiger partial charge in [-0.25, -0.2) is 4.98 Å². The molecule has 1 heterocycles. The van der Waals surface area contributed by atoms with Gasteiger partial charge in [0, 0.05) is 14.1 Å². The van der Waals surface area contributed by atoms with Crippen molar-refractivity contribution in [3.05, 3.63) is 18.2 Å². The normalized spacial score (nSPS) is 9.40. The zero-order chi connectivity index (χ0) is 7.56. The summed E-state index contributed by atoms with van der Waals surface area (Å²) >= 11 is 0. The van der Waals surface area contributed by atoms with Crippen LogP contribution in [-0.4, -0.2) is 22.5 Å². The van der Waals surface area contributed by atoms with Crippen LogP contribution in [0.5, 0.6) is 0 Å². The molecule has 1 aromatic heterocycles. The second kappa shape index (κ2) is 2.51. The van der Waals surface area contributed by atoms with Crippen LogP contribution < -0.4 is 5.32 Å². The lowest BCUT2D eigenvalue weighted by molar-refractivity contribution is 0.0955. The fourth-order valence-corrected chi connectivity index (χ4v) is 0.704. The fourth-order valence-electron chi connectivity index (χ4n) is 0.704. The predicted molar refractivity (Wildman–Crippen MR) is 36.6 cm³/mol. The van der Waals surface area contributed by atoms with Crippen LogP contribution in [0.25, 0.3) is 0 Å². The highest BCUT2D eigenvalue weighted by atomic mass is 16.1. The Balaban J connectivity index is 2.93. The summed E-state index contributed by atoms with van der Waals surface area (Å²) in [6, 6.07) is 0. The van der Waals surface area contributed by atoms with Gasteiger partial charge in [-0.3, -0.25) is 4.79 Å². The Kier molecular flexibility index (Phi) is 1.71. The third-order valence-electron chi connectivity index (χ3n) is 1.28. The van der Waals surface area contributed by atoms with Gasteiger partial charge in [0.2, 0.25) is 0 Å². The van der Waals surface area contributed by atoms with Gasteiger partial charge in [0.25, 0.3) is 5.91 Å². The van der Waals surface area contributed by atoms with E-state index in [0.717, 1.165) is 0 Å². The molecule has 0 spiro atoms. The number of imidazole rings is 1. The second-order valence-corrected chi connectivity index (χ2v) is 1.97. The second-order valence-electron chi connectivity index (χ2n) is 1.97. The molecule has 0 aromatic carbocycles. The van der Waals surface area contributed by atoms with Gasteiger partial charge in [-0.15, -0.1) is 0 Å². The first kappa shape index (κ1) is 6.80. The lowest BCUT2D eigenvalue weighted by Gasteiger charge is -1.97. The molecular formula is C6H9N3O. The van der Waals surface area contributed by atoms with Gasteiger partial charge in [0.15, 0.2) is 0 Å². The number of carbonyl (C=O) groups is 1. The van der Waals surface area contributed by atoms with Crippen LogP contribution in [0.2, 0.25) is 0 Å². The quantitative estimate of drug-likeness (QED) is 0.584. The number of carbonyl (C=O) groups excluding carboxylic acids is 1. The Morgan fingerprint density at radius 2 is 2.50 bits per heavy atom. The molecule has 0 bridgehead atoms. The first-order chi connectivity index (χ1) is 4.75. The van der Waals surface area contributed by atoms with Crippen LogP contribution in [0.4, 0.5) is 0 Å². The molecule has 0 unspecified atom stereocenters. The summed E-state index contributed by atoms with van der Waals surface area (Å²) < 4.78 is 1.67. The lowest BCUT2D eigenvalue weighted by atomic mass is 10.4. The molecule has 1 N–H and O–H groups in total. The van der Waals surface area contributed by atoms with E-state index < -0.39 is 0 Å². The number of nitrogens with one attached hydrogen (secondary N) is 1. The molecule has 0 aliphatic carbocycles. The standard InChI is InChI=1S/C6H9N3O/c1-7-6(10)5-3-8-4-9(5)2/h3-4H,1-2H3,(H,7,10). The summed E-state index contributed by atoms with van der Waals surface area (Å²) in [4.78, 5) is 14.7. The number of amides is 1. The van der Waals surface area contributed by atoms with Gasteiger partial charge < -0.3 is 9.88 Å². The summed E-state index contributed by atoms with van der Waals surface area (Å²) in [5, 5.41) is 2.51. The maximum Gasteiger partial charge on any atom is 0.269 e. The first-order valence-corrected chi connectivity index (χ1v) is 2.94. The first-order valence-electron chi connectivity index (χ1n) is 2.94. The zero-order valence-electron chi connectivity index (χ0n) is 5.96. The van der Waals surface area contributed by atoms with E-state index in [1.807, 2.05) is 0 Å². The molecule has 0 radical (unpaired) electrons. The van der Waals surface area contributed by atoms with Crippen molar-refractivity contribution in [2.75, 3.05) is 7.05 Å². The smallest absolute Gasteiger partial charge is 0.269 e. The molecule has 0 fully saturated rings. The molecule has 0 saturated carbocycles. The Morgan fingerprint density at radius 1 is 1.80 bits per heavy atom. The van der Waals surface area contributed by atoms with Crippen molar-refractivity contribution in [3.63, 3.8) is 0 Å². The highest BCUT2D eigenvalue weighted by molar-refractivity contribution is 5.92. The number of aromatic nitrogens is 2. The summed E-state index contributed by atoms with van der Waals surface area (Å²) in [5.41, 5.74) is 0.572. The van der Waals surface area contributed by atoms with Crippen LogP contribution >= 0.6 is 0 Å². The van der Waals surface area contributed by atoms with E-state index in [1.54, 1.807) is 25.0 Å². The number of nitrogens with zero attached hydrogens (tertiary/aromatic N) is 2. The van der Waals surface area contributed by atoms with E-state index in [0.29, 0.717) is 5.69 Å². The Bertz CT molecular complexity index is 241. The monoisotopic (exact) mass is 139 g/mol. The largest absolute Gasteiger partial charge is 0.354 e. The number of hydrogen-bond donors (Lipinski definition) is 1. The van der Waals surface area contributed by atoms with Crippen LogP contribution in [0.1, 0.15) is 10.5 Å². The van der Waals surface area contributed by atoms with Crippen molar-refractivity contribution in [1.82, 2.24) is 14.9 Å². The van der Waals surface area contributed by atoms with Crippen molar-refractivity contribution in [3.8, 4) is 0 Å². The van der Waals surface area contributed by atoms with Crippen molar-refractivity contribution >= 4 is 5.91 Å². The minimum atomic E-state index is -0.111. The molecule has 0 saturated heterocycles. The van der Waals surface area contributed by atoms with Crippen molar-refractivity contribution in [2.45, 2.75) is 0 Å². The molecule has 4 heteroatoms. The highest BCUT2D eigenvalue weighted by Gasteiger charge is 2.05. The Morgan fingerprint density at radius 3 is 2.90 bits per heavy atom. The van der Waals surface area contributed by atoms with E-state index in [2.05, 4.69) is 10.3 Å². The molecule has 0 aliphatic heterocycles. The van der Waals surface area contributed by atoms with E-state index in [9.17, 15) is 4.79 Å². The SMILES string of the molecule is CNC(=O)c1cncn1C. The Hall–Kier alpha value is -1.32. The zero-order valence-corrected chi connectivity index (χ0v) is 5.96. The van der Waals surface area contributed by atoms with Gasteiger partial charge in [-0.1, -0.05) is 0 Å². The van der Waals surface area contributed by atoms with E-state index in [-0.39, 0.29) is 5.91 Å². The third-order valence-corrected chi connectivity index (χ3v) is 1.28. The number of rotatable bonds is 1. The number of hydrogen-bond acceptors (Lipinski definition) is 2. The van der Waals surface area contributed by atoms with Crippen LogP contribution in [0.15, 0.2) is 12.5 Å². The molecule has 0 atom stereocenters. The van der Waals surface area contributed by atoms with Crippen LogP contribution in [0, 0.1) is 0 Å². The van der Waals surface area contributed by atoms with Gasteiger partial charge in [0.05, 0.1) is 12.5 Å². The lowest BCUT2D eigenvalue weighted by Crippen LogP contribution is -2.20. The average molecular weight is 139 g/mol. The molecule has 0 aliphatic rings. The summed E-state index contributed by atoms with van der Waals surface area (Å²) in [6.45, 7) is 0. The van der Waals surface area contributed by atoms with Crippen molar-refractivity contribution < 1.29 is 4.79 Å². The van der Waals surface area contributed by atoms with Crippen LogP contribution in [0.3, 0.4) is 0 Å². The summed E-state index contributed by atoms with van der Waals surface area (Å²) in [6.07, 6.45) is 3.11. The maximum absolute atomic E-state index is 10.9. The van der Waals surface area contributed by atoms with Crippen molar-refractivity contribution in [2.24, 2.45) is 7.05 Å². The predicted octanol–water partition coefficient (Wildman–Crippen LogP) is -0.220. The molecule has 1 amide bonds. The summed E-state index contributed by atoms with van der Waals surface area (Å²) in [7, 11) is 3.37. The highest BCUT2D eigenvalue weighted by Crippen LogP contribution is 1.93. The molecule has 54 valence electrons. The van der Waals surface area contributed by atoms with E-state index in [1.165, 1.54) is 6.20 Å². The summed E-state index contributed by atoms with van der Waals surface area (Å²) in [5.74, 6) is -0.111. The molecule has 1 aromatic rings. The fraction of sp³-hybridized carbons (Fsp3) is 0.333. The van der Waals surface area contributed by atoms with Crippen LogP contribution in [-0.2, 0) is 7.05 Å². The van der Waals surface area contributed by atoms with E-state index >= 15 is 0 Å². The maximum atomic E-state index is 10.9. The van der Waals surface area contributed by atoms with Gasteiger partial charge >= 0.3 is 0 Å². The minimum Gasteiger partial charge on any atom is -0.354 e. The third kappa shape index (κ3) is 1.00. The average Bonchev–Trinajstić information content (AvgIpc) is 2.34. The molecule has 4 nitrogen and oxygen atoms in total. The number of aryl methyl sites for hydroxylation is 1. The molecule has 10 heavy (non-hydrogen) atoms. The van der Waals surface area contributed by atoms with Gasteiger partial charge in [0.1, 0.15) is 5.69 Å². The molecular weight excluding hydrogens is 130 g/mol. The van der Waals surface area contributed by atoms with Gasteiger partial charge in [-0.05, 0) is 0 Å². The van der Waals surface area contributed by atoms with Crippen molar-refractivity contribution in [1.29, 1.82) is 0 Å².